The molecule has 4 heterocycles. The van der Waals surface area contributed by atoms with E-state index in [1.807, 2.05) is 12.3 Å². The number of rotatable bonds is 3. The van der Waals surface area contributed by atoms with Gasteiger partial charge in [-0.05, 0) is 25.3 Å². The summed E-state index contributed by atoms with van der Waals surface area (Å²) in [4.78, 5) is 12.9. The highest BCUT2D eigenvalue weighted by atomic mass is 32.1. The summed E-state index contributed by atoms with van der Waals surface area (Å²) in [5.74, 6) is 0.855. The van der Waals surface area contributed by atoms with E-state index in [2.05, 4.69) is 45.4 Å². The maximum atomic E-state index is 4.78. The van der Waals surface area contributed by atoms with E-state index >= 15 is 0 Å². The van der Waals surface area contributed by atoms with E-state index in [1.165, 1.54) is 16.8 Å². The van der Waals surface area contributed by atoms with Gasteiger partial charge in [-0.2, -0.15) is 5.10 Å². The number of H-pyrrole nitrogens is 1. The zero-order chi connectivity index (χ0) is 15.8. The quantitative estimate of drug-likeness (QED) is 0.804. The van der Waals surface area contributed by atoms with Gasteiger partial charge in [0, 0.05) is 49.1 Å². The summed E-state index contributed by atoms with van der Waals surface area (Å²) in [6.45, 7) is 7.01. The summed E-state index contributed by atoms with van der Waals surface area (Å²) in [6.07, 6.45) is 2.98. The van der Waals surface area contributed by atoms with Crippen molar-refractivity contribution in [2.75, 3.05) is 6.54 Å². The highest BCUT2D eigenvalue weighted by molar-refractivity contribution is 7.13. The summed E-state index contributed by atoms with van der Waals surface area (Å²) >= 11 is 1.69. The Hall–Kier alpha value is -2.05. The first-order valence-electron chi connectivity index (χ1n) is 7.82. The Kier molecular flexibility index (Phi) is 3.71. The summed E-state index contributed by atoms with van der Waals surface area (Å²) < 4.78 is 0. The monoisotopic (exact) mass is 325 g/mol. The van der Waals surface area contributed by atoms with E-state index in [0.717, 1.165) is 48.1 Å². The third-order valence-corrected chi connectivity index (χ3v) is 5.28. The van der Waals surface area contributed by atoms with E-state index < -0.39 is 0 Å². The SMILES string of the molecule is Cc1n[nH]c(C)c1CN1CCc2nc(-c3cccs3)ncc2C1. The van der Waals surface area contributed by atoms with Crippen molar-refractivity contribution < 1.29 is 0 Å². The summed E-state index contributed by atoms with van der Waals surface area (Å²) in [5, 5.41) is 9.42. The summed E-state index contributed by atoms with van der Waals surface area (Å²) in [5.41, 5.74) is 6.01. The normalized spacial score (nSPS) is 14.9. The summed E-state index contributed by atoms with van der Waals surface area (Å²) in [7, 11) is 0. The molecule has 1 aliphatic heterocycles. The Balaban J connectivity index is 1.54. The Morgan fingerprint density at radius 2 is 2.26 bits per heavy atom. The molecule has 0 saturated heterocycles. The highest BCUT2D eigenvalue weighted by Crippen LogP contribution is 2.25. The first-order valence-corrected chi connectivity index (χ1v) is 8.70. The zero-order valence-electron chi connectivity index (χ0n) is 13.3. The summed E-state index contributed by atoms with van der Waals surface area (Å²) in [6, 6.07) is 4.12. The molecule has 1 N–H and O–H groups in total. The lowest BCUT2D eigenvalue weighted by atomic mass is 10.1. The van der Waals surface area contributed by atoms with Gasteiger partial charge in [-0.1, -0.05) is 6.07 Å². The van der Waals surface area contributed by atoms with Crippen LogP contribution in [0.2, 0.25) is 0 Å². The lowest BCUT2D eigenvalue weighted by Crippen LogP contribution is -2.31. The molecule has 118 valence electrons. The van der Waals surface area contributed by atoms with Crippen LogP contribution < -0.4 is 0 Å². The molecule has 0 fully saturated rings. The van der Waals surface area contributed by atoms with Gasteiger partial charge >= 0.3 is 0 Å². The first-order chi connectivity index (χ1) is 11.2. The van der Waals surface area contributed by atoms with Crippen LogP contribution in [0, 0.1) is 13.8 Å². The van der Waals surface area contributed by atoms with E-state index in [1.54, 1.807) is 11.3 Å². The molecule has 3 aromatic heterocycles. The second-order valence-electron chi connectivity index (χ2n) is 6.02. The minimum absolute atomic E-state index is 0.855. The van der Waals surface area contributed by atoms with Crippen LogP contribution in [0.5, 0.6) is 0 Å². The average Bonchev–Trinajstić information content (AvgIpc) is 3.20. The first kappa shape index (κ1) is 14.5. The largest absolute Gasteiger partial charge is 0.294 e. The smallest absolute Gasteiger partial charge is 0.169 e. The Bertz CT molecular complexity index is 802. The van der Waals surface area contributed by atoms with Gasteiger partial charge in [0.15, 0.2) is 5.82 Å². The van der Waals surface area contributed by atoms with E-state index in [4.69, 9.17) is 4.98 Å². The minimum atomic E-state index is 0.855. The molecule has 0 bridgehead atoms. The number of nitrogens with one attached hydrogen (secondary N) is 1. The number of thiophene rings is 1. The van der Waals surface area contributed by atoms with E-state index in [-0.39, 0.29) is 0 Å². The molecule has 4 rings (SSSR count). The van der Waals surface area contributed by atoms with Gasteiger partial charge in [-0.25, -0.2) is 9.97 Å². The molecule has 1 aliphatic rings. The third kappa shape index (κ3) is 2.80. The number of nitrogens with zero attached hydrogens (tertiary/aromatic N) is 4. The molecular formula is C17H19N5S. The van der Waals surface area contributed by atoms with Crippen molar-refractivity contribution in [3.63, 3.8) is 0 Å². The van der Waals surface area contributed by atoms with Crippen LogP contribution in [0.25, 0.3) is 10.7 Å². The molecule has 23 heavy (non-hydrogen) atoms. The number of hydrogen-bond acceptors (Lipinski definition) is 5. The average molecular weight is 325 g/mol. The second kappa shape index (κ2) is 5.86. The van der Waals surface area contributed by atoms with Gasteiger partial charge in [0.2, 0.25) is 0 Å². The molecule has 0 spiro atoms. The Labute approximate surface area is 139 Å². The van der Waals surface area contributed by atoms with Crippen molar-refractivity contribution in [2.45, 2.75) is 33.4 Å². The molecule has 0 radical (unpaired) electrons. The van der Waals surface area contributed by atoms with Gasteiger partial charge in [-0.15, -0.1) is 11.3 Å². The van der Waals surface area contributed by atoms with Crippen LogP contribution in [0.1, 0.15) is 28.2 Å². The topological polar surface area (TPSA) is 57.7 Å². The molecular weight excluding hydrogens is 306 g/mol. The maximum absolute atomic E-state index is 4.78. The fraction of sp³-hybridized carbons (Fsp3) is 0.353. The van der Waals surface area contributed by atoms with Crippen LogP contribution in [0.15, 0.2) is 23.7 Å². The third-order valence-electron chi connectivity index (χ3n) is 4.42. The minimum Gasteiger partial charge on any atom is -0.294 e. The van der Waals surface area contributed by atoms with Gasteiger partial charge in [0.05, 0.1) is 16.3 Å². The van der Waals surface area contributed by atoms with Gasteiger partial charge in [-0.3, -0.25) is 10.00 Å². The maximum Gasteiger partial charge on any atom is 0.169 e. The Morgan fingerprint density at radius 1 is 1.35 bits per heavy atom. The molecule has 3 aromatic rings. The molecule has 0 amide bonds. The standard InChI is InChI=1S/C17H19N5S/c1-11-14(12(2)21-20-11)10-22-6-5-15-13(9-22)8-18-17(19-15)16-4-3-7-23-16/h3-4,7-8H,5-6,9-10H2,1-2H3,(H,20,21). The number of aromatic nitrogens is 4. The number of aryl methyl sites for hydroxylation is 2. The van der Waals surface area contributed by atoms with Crippen LogP contribution in [-0.2, 0) is 19.5 Å². The van der Waals surface area contributed by atoms with Crippen LogP contribution in [0.4, 0.5) is 0 Å². The number of aromatic amines is 1. The predicted molar refractivity (Wildman–Crippen MR) is 91.2 cm³/mol. The lowest BCUT2D eigenvalue weighted by molar-refractivity contribution is 0.242. The van der Waals surface area contributed by atoms with Crippen molar-refractivity contribution in [3.8, 4) is 10.7 Å². The van der Waals surface area contributed by atoms with Crippen LogP contribution >= 0.6 is 11.3 Å². The van der Waals surface area contributed by atoms with Gasteiger partial charge < -0.3 is 0 Å². The number of hydrogen-bond donors (Lipinski definition) is 1. The van der Waals surface area contributed by atoms with E-state index in [0.29, 0.717) is 0 Å². The predicted octanol–water partition coefficient (Wildman–Crippen LogP) is 3.10. The fourth-order valence-corrected chi connectivity index (χ4v) is 3.73. The highest BCUT2D eigenvalue weighted by Gasteiger charge is 2.20. The Morgan fingerprint density at radius 3 is 3.00 bits per heavy atom. The van der Waals surface area contributed by atoms with Gasteiger partial charge in [0.1, 0.15) is 0 Å². The number of fused-ring (bicyclic) bond motifs is 1. The van der Waals surface area contributed by atoms with Crippen molar-refractivity contribution in [3.05, 3.63) is 51.9 Å². The molecule has 0 unspecified atom stereocenters. The molecule has 5 nitrogen and oxygen atoms in total. The molecule has 6 heteroatoms. The van der Waals surface area contributed by atoms with Gasteiger partial charge in [0.25, 0.3) is 0 Å². The molecule has 0 atom stereocenters. The molecule has 0 aromatic carbocycles. The van der Waals surface area contributed by atoms with E-state index in [9.17, 15) is 0 Å². The van der Waals surface area contributed by atoms with Crippen molar-refractivity contribution in [2.24, 2.45) is 0 Å². The zero-order valence-corrected chi connectivity index (χ0v) is 14.2. The second-order valence-corrected chi connectivity index (χ2v) is 6.96. The molecule has 0 saturated carbocycles. The van der Waals surface area contributed by atoms with Crippen molar-refractivity contribution in [1.82, 2.24) is 25.1 Å². The van der Waals surface area contributed by atoms with Crippen LogP contribution in [0.3, 0.4) is 0 Å². The lowest BCUT2D eigenvalue weighted by Gasteiger charge is -2.28. The fourth-order valence-electron chi connectivity index (χ4n) is 3.06. The van der Waals surface area contributed by atoms with Crippen LogP contribution in [-0.4, -0.2) is 31.6 Å². The van der Waals surface area contributed by atoms with Crippen molar-refractivity contribution >= 4 is 11.3 Å². The molecule has 0 aliphatic carbocycles. The van der Waals surface area contributed by atoms with Crippen molar-refractivity contribution in [1.29, 1.82) is 0 Å².